The van der Waals surface area contributed by atoms with Crippen LogP contribution >= 0.6 is 0 Å². The lowest BCUT2D eigenvalue weighted by Crippen LogP contribution is -2.53. The number of nitrogens with one attached hydrogen (secondary N) is 1. The Bertz CT molecular complexity index is 353. The molecule has 3 amide bonds. The molecule has 0 saturated heterocycles. The van der Waals surface area contributed by atoms with Crippen molar-refractivity contribution in [2.45, 2.75) is 39.7 Å². The maximum absolute atomic E-state index is 12.0. The summed E-state index contributed by atoms with van der Waals surface area (Å²) in [4.78, 5) is 34.8. The zero-order valence-corrected chi connectivity index (χ0v) is 11.9. The minimum absolute atomic E-state index is 0.0126. The first kappa shape index (κ1) is 17.2. The van der Waals surface area contributed by atoms with E-state index in [0.717, 1.165) is 0 Å². The number of primary amides is 1. The summed E-state index contributed by atoms with van der Waals surface area (Å²) in [6.07, 6.45) is -0.0126. The van der Waals surface area contributed by atoms with Crippen molar-refractivity contribution >= 4 is 17.9 Å². The van der Waals surface area contributed by atoms with Gasteiger partial charge in [-0.1, -0.05) is 13.8 Å². The lowest BCUT2D eigenvalue weighted by atomic mass is 10.0. The van der Waals surface area contributed by atoms with Gasteiger partial charge in [0.1, 0.15) is 6.54 Å². The number of nitrogens with zero attached hydrogens (tertiary/aromatic N) is 1. The Hall–Kier alpha value is -1.79. The van der Waals surface area contributed by atoms with E-state index in [1.807, 2.05) is 13.8 Å². The van der Waals surface area contributed by atoms with Gasteiger partial charge < -0.3 is 21.1 Å². The van der Waals surface area contributed by atoms with Crippen LogP contribution in [-0.4, -0.2) is 46.5 Å². The molecule has 0 aromatic carbocycles. The van der Waals surface area contributed by atoms with E-state index in [4.69, 9.17) is 10.8 Å². The van der Waals surface area contributed by atoms with Gasteiger partial charge in [-0.2, -0.15) is 0 Å². The van der Waals surface area contributed by atoms with E-state index < -0.39 is 23.4 Å². The van der Waals surface area contributed by atoms with Crippen molar-refractivity contribution in [1.29, 1.82) is 0 Å². The number of rotatable bonds is 7. The van der Waals surface area contributed by atoms with Gasteiger partial charge in [-0.3, -0.25) is 9.59 Å². The van der Waals surface area contributed by atoms with Gasteiger partial charge in [0, 0.05) is 18.5 Å². The third-order valence-corrected chi connectivity index (χ3v) is 2.26. The van der Waals surface area contributed by atoms with Crippen LogP contribution in [0.15, 0.2) is 0 Å². The third kappa shape index (κ3) is 8.01. The predicted molar refractivity (Wildman–Crippen MR) is 70.5 cm³/mol. The lowest BCUT2D eigenvalue weighted by molar-refractivity contribution is -0.137. The van der Waals surface area contributed by atoms with Crippen molar-refractivity contribution in [3.05, 3.63) is 0 Å². The Labute approximate surface area is 113 Å². The fourth-order valence-corrected chi connectivity index (χ4v) is 1.67. The van der Waals surface area contributed by atoms with Crippen LogP contribution in [0.1, 0.15) is 34.1 Å². The Morgan fingerprint density at radius 2 is 1.84 bits per heavy atom. The predicted octanol–water partition coefficient (Wildman–Crippen LogP) is 0.393. The third-order valence-electron chi connectivity index (χ3n) is 2.26. The van der Waals surface area contributed by atoms with Crippen LogP contribution < -0.4 is 11.1 Å². The van der Waals surface area contributed by atoms with E-state index >= 15 is 0 Å². The number of carboxylic acid groups (broad SMARTS) is 1. The van der Waals surface area contributed by atoms with Gasteiger partial charge in [-0.25, -0.2) is 4.79 Å². The highest BCUT2D eigenvalue weighted by molar-refractivity contribution is 5.82. The smallest absolute Gasteiger partial charge is 0.323 e. The van der Waals surface area contributed by atoms with E-state index in [9.17, 15) is 14.4 Å². The number of carboxylic acids is 1. The number of hydrogen-bond donors (Lipinski definition) is 3. The van der Waals surface area contributed by atoms with Gasteiger partial charge in [-0.05, 0) is 19.8 Å². The summed E-state index contributed by atoms with van der Waals surface area (Å²) in [5.74, 6) is -1.47. The first-order chi connectivity index (χ1) is 8.53. The average Bonchev–Trinajstić information content (AvgIpc) is 2.11. The topological polar surface area (TPSA) is 113 Å². The summed E-state index contributed by atoms with van der Waals surface area (Å²) in [6, 6.07) is -0.512. The molecule has 0 atom stereocenters. The number of hydrogen-bond acceptors (Lipinski definition) is 3. The highest BCUT2D eigenvalue weighted by Crippen LogP contribution is 2.09. The van der Waals surface area contributed by atoms with Crippen molar-refractivity contribution in [3.63, 3.8) is 0 Å². The quantitative estimate of drug-likeness (QED) is 0.622. The van der Waals surface area contributed by atoms with Gasteiger partial charge in [0.2, 0.25) is 5.91 Å². The number of aliphatic carboxylic acids is 1. The molecule has 0 bridgehead atoms. The van der Waals surface area contributed by atoms with Crippen molar-refractivity contribution in [2.75, 3.05) is 13.1 Å². The molecule has 0 fully saturated rings. The minimum atomic E-state index is -1.08. The number of carbonyl (C=O) groups excluding carboxylic acids is 2. The highest BCUT2D eigenvalue weighted by Gasteiger charge is 2.26. The molecule has 0 aromatic rings. The maximum atomic E-state index is 12.0. The Morgan fingerprint density at radius 1 is 1.32 bits per heavy atom. The molecular weight excluding hydrogens is 250 g/mol. The van der Waals surface area contributed by atoms with Crippen molar-refractivity contribution < 1.29 is 19.5 Å². The molecule has 0 unspecified atom stereocenters. The first-order valence-corrected chi connectivity index (χ1v) is 6.10. The fourth-order valence-electron chi connectivity index (χ4n) is 1.67. The number of nitrogens with two attached hydrogens (primary N) is 1. The van der Waals surface area contributed by atoms with Crippen LogP contribution in [0.25, 0.3) is 0 Å². The second kappa shape index (κ2) is 6.96. The number of carbonyl (C=O) groups is 3. The molecule has 0 aromatic heterocycles. The molecule has 110 valence electrons. The van der Waals surface area contributed by atoms with E-state index in [-0.39, 0.29) is 18.9 Å². The lowest BCUT2D eigenvalue weighted by Gasteiger charge is -2.30. The van der Waals surface area contributed by atoms with Gasteiger partial charge >= 0.3 is 12.0 Å². The van der Waals surface area contributed by atoms with Crippen molar-refractivity contribution in [2.24, 2.45) is 11.7 Å². The molecule has 4 N–H and O–H groups in total. The van der Waals surface area contributed by atoms with Crippen LogP contribution in [0.4, 0.5) is 4.79 Å². The number of urea groups is 1. The maximum Gasteiger partial charge on any atom is 0.323 e. The summed E-state index contributed by atoms with van der Waals surface area (Å²) in [5, 5.41) is 11.4. The second-order valence-corrected chi connectivity index (χ2v) is 5.63. The Balaban J connectivity index is 4.70. The van der Waals surface area contributed by atoms with E-state index in [1.54, 1.807) is 13.8 Å². The summed E-state index contributed by atoms with van der Waals surface area (Å²) in [6.45, 7) is 7.03. The normalized spacial score (nSPS) is 11.2. The summed E-state index contributed by atoms with van der Waals surface area (Å²) < 4.78 is 0. The zero-order chi connectivity index (χ0) is 15.2. The van der Waals surface area contributed by atoms with E-state index in [1.165, 1.54) is 4.90 Å². The standard InChI is InChI=1S/C12H23N3O4/c1-8(2)6-15(7-10(17)18)11(19)14-12(3,4)5-9(13)16/h8H,5-7H2,1-4H3,(H2,13,16)(H,14,19)(H,17,18). The average molecular weight is 273 g/mol. The molecular formula is C12H23N3O4. The monoisotopic (exact) mass is 273 g/mol. The minimum Gasteiger partial charge on any atom is -0.480 e. The van der Waals surface area contributed by atoms with Crippen molar-refractivity contribution in [1.82, 2.24) is 10.2 Å². The summed E-state index contributed by atoms with van der Waals surface area (Å²) in [5.41, 5.74) is 4.29. The van der Waals surface area contributed by atoms with Gasteiger partial charge in [-0.15, -0.1) is 0 Å². The number of amides is 3. The van der Waals surface area contributed by atoms with E-state index in [2.05, 4.69) is 5.32 Å². The van der Waals surface area contributed by atoms with Crippen LogP contribution in [0.5, 0.6) is 0 Å². The summed E-state index contributed by atoms with van der Waals surface area (Å²) in [7, 11) is 0. The summed E-state index contributed by atoms with van der Waals surface area (Å²) >= 11 is 0. The molecule has 7 heteroatoms. The molecule has 19 heavy (non-hydrogen) atoms. The molecule has 0 aliphatic rings. The van der Waals surface area contributed by atoms with Crippen LogP contribution in [0.3, 0.4) is 0 Å². The van der Waals surface area contributed by atoms with Gasteiger partial charge in [0.25, 0.3) is 0 Å². The SMILES string of the molecule is CC(C)CN(CC(=O)O)C(=O)NC(C)(C)CC(N)=O. The largest absolute Gasteiger partial charge is 0.480 e. The second-order valence-electron chi connectivity index (χ2n) is 5.63. The zero-order valence-electron chi connectivity index (χ0n) is 11.9. The first-order valence-electron chi connectivity index (χ1n) is 6.10. The molecule has 0 aliphatic heterocycles. The molecule has 0 spiro atoms. The highest BCUT2D eigenvalue weighted by atomic mass is 16.4. The molecule has 0 saturated carbocycles. The molecule has 0 radical (unpaired) electrons. The molecule has 0 heterocycles. The Kier molecular flexibility index (Phi) is 6.31. The van der Waals surface area contributed by atoms with Crippen molar-refractivity contribution in [3.8, 4) is 0 Å². The van der Waals surface area contributed by atoms with Crippen LogP contribution in [-0.2, 0) is 9.59 Å². The Morgan fingerprint density at radius 3 is 2.21 bits per heavy atom. The fraction of sp³-hybridized carbons (Fsp3) is 0.750. The van der Waals surface area contributed by atoms with Crippen LogP contribution in [0, 0.1) is 5.92 Å². The molecule has 0 aliphatic carbocycles. The van der Waals surface area contributed by atoms with Crippen LogP contribution in [0.2, 0.25) is 0 Å². The van der Waals surface area contributed by atoms with Gasteiger partial charge in [0.05, 0.1) is 0 Å². The molecule has 0 rings (SSSR count). The van der Waals surface area contributed by atoms with Gasteiger partial charge in [0.15, 0.2) is 0 Å². The molecule has 7 nitrogen and oxygen atoms in total. The van der Waals surface area contributed by atoms with E-state index in [0.29, 0.717) is 6.54 Å².